The molecule has 0 saturated carbocycles. The van der Waals surface area contributed by atoms with Gasteiger partial charge < -0.3 is 0 Å². The zero-order valence-electron chi connectivity index (χ0n) is 7.33. The fraction of sp³-hybridized carbons (Fsp3) is 0.364. The molecule has 0 bridgehead atoms. The van der Waals surface area contributed by atoms with E-state index in [2.05, 4.69) is 36.2 Å². The summed E-state index contributed by atoms with van der Waals surface area (Å²) in [7, 11) is 0. The van der Waals surface area contributed by atoms with Crippen LogP contribution in [0.4, 0.5) is 0 Å². The van der Waals surface area contributed by atoms with E-state index in [1.165, 1.54) is 11.3 Å². The molecule has 1 heterocycles. The van der Waals surface area contributed by atoms with Crippen molar-refractivity contribution in [3.63, 3.8) is 0 Å². The molecule has 0 N–H and O–H groups in total. The van der Waals surface area contributed by atoms with Crippen molar-refractivity contribution in [1.82, 2.24) is 0 Å². The monoisotopic (exact) mass is 159 g/mol. The highest BCUT2D eigenvalue weighted by molar-refractivity contribution is 6.01. The van der Waals surface area contributed by atoms with Crippen LogP contribution in [0.25, 0.3) is 0 Å². The Hall–Kier alpha value is -1.11. The van der Waals surface area contributed by atoms with Crippen molar-refractivity contribution in [3.8, 4) is 0 Å². The molecule has 0 amide bonds. The highest BCUT2D eigenvalue weighted by atomic mass is 14.8. The van der Waals surface area contributed by atoms with Crippen LogP contribution in [0.3, 0.4) is 0 Å². The van der Waals surface area contributed by atoms with Crippen LogP contribution in [0, 0.1) is 5.92 Å². The first kappa shape index (κ1) is 7.53. The summed E-state index contributed by atoms with van der Waals surface area (Å²) < 4.78 is 0. The van der Waals surface area contributed by atoms with Crippen LogP contribution in [0.1, 0.15) is 18.9 Å². The molecule has 0 radical (unpaired) electrons. The van der Waals surface area contributed by atoms with Crippen LogP contribution in [-0.2, 0) is 0 Å². The minimum Gasteiger partial charge on any atom is -0.289 e. The Morgan fingerprint density at radius 3 is 2.58 bits per heavy atom. The standard InChI is InChI=1S/C11H13N/c1-9-7-11(12-8-9)10-5-3-2-4-6-10/h2-6,9H,7-8H2,1H3. The van der Waals surface area contributed by atoms with Gasteiger partial charge in [-0.2, -0.15) is 0 Å². The molecule has 0 spiro atoms. The summed E-state index contributed by atoms with van der Waals surface area (Å²) in [6.07, 6.45) is 1.14. The smallest absolute Gasteiger partial charge is 0.0424 e. The number of rotatable bonds is 1. The van der Waals surface area contributed by atoms with E-state index in [0.29, 0.717) is 0 Å². The Kier molecular flexibility index (Phi) is 1.94. The van der Waals surface area contributed by atoms with Crippen molar-refractivity contribution >= 4 is 5.71 Å². The number of hydrogen-bond donors (Lipinski definition) is 0. The molecule has 2 rings (SSSR count). The molecule has 12 heavy (non-hydrogen) atoms. The fourth-order valence-electron chi connectivity index (χ4n) is 1.56. The number of aliphatic imine (C=N–C) groups is 1. The normalized spacial score (nSPS) is 22.4. The maximum atomic E-state index is 4.50. The quantitative estimate of drug-likeness (QED) is 0.597. The number of benzene rings is 1. The van der Waals surface area contributed by atoms with Gasteiger partial charge in [-0.05, 0) is 17.9 Å². The van der Waals surface area contributed by atoms with Crippen LogP contribution in [0.5, 0.6) is 0 Å². The fourth-order valence-corrected chi connectivity index (χ4v) is 1.56. The molecule has 0 saturated heterocycles. The average molecular weight is 159 g/mol. The first-order valence-corrected chi connectivity index (χ1v) is 4.45. The van der Waals surface area contributed by atoms with Gasteiger partial charge in [0.1, 0.15) is 0 Å². The van der Waals surface area contributed by atoms with Gasteiger partial charge in [-0.3, -0.25) is 4.99 Å². The predicted octanol–water partition coefficient (Wildman–Crippen LogP) is 2.52. The van der Waals surface area contributed by atoms with Gasteiger partial charge in [-0.25, -0.2) is 0 Å². The molecule has 1 atom stereocenters. The van der Waals surface area contributed by atoms with Crippen molar-refractivity contribution < 1.29 is 0 Å². The van der Waals surface area contributed by atoms with Crippen molar-refractivity contribution in [2.24, 2.45) is 10.9 Å². The molecule has 1 aromatic rings. The van der Waals surface area contributed by atoms with Crippen LogP contribution in [0.15, 0.2) is 35.3 Å². The molecule has 1 heteroatoms. The van der Waals surface area contributed by atoms with Crippen molar-refractivity contribution in [1.29, 1.82) is 0 Å². The summed E-state index contributed by atoms with van der Waals surface area (Å²) in [4.78, 5) is 4.50. The van der Waals surface area contributed by atoms with E-state index in [4.69, 9.17) is 0 Å². The molecule has 1 aliphatic heterocycles. The van der Waals surface area contributed by atoms with E-state index in [-0.39, 0.29) is 0 Å². The SMILES string of the molecule is CC1CN=C(c2ccccc2)C1. The van der Waals surface area contributed by atoms with Gasteiger partial charge in [0.2, 0.25) is 0 Å². The van der Waals surface area contributed by atoms with E-state index in [9.17, 15) is 0 Å². The van der Waals surface area contributed by atoms with Crippen LogP contribution < -0.4 is 0 Å². The minimum atomic E-state index is 0.736. The van der Waals surface area contributed by atoms with E-state index < -0.39 is 0 Å². The van der Waals surface area contributed by atoms with E-state index in [1.54, 1.807) is 0 Å². The summed E-state index contributed by atoms with van der Waals surface area (Å²) in [5, 5.41) is 0. The zero-order chi connectivity index (χ0) is 8.39. The summed E-state index contributed by atoms with van der Waals surface area (Å²) in [6, 6.07) is 10.5. The summed E-state index contributed by atoms with van der Waals surface area (Å²) >= 11 is 0. The van der Waals surface area contributed by atoms with Gasteiger partial charge in [-0.1, -0.05) is 37.3 Å². The summed E-state index contributed by atoms with van der Waals surface area (Å²) in [5.41, 5.74) is 2.57. The Labute approximate surface area is 73.1 Å². The first-order chi connectivity index (χ1) is 5.86. The maximum Gasteiger partial charge on any atom is 0.0424 e. The molecule has 1 aliphatic rings. The molecule has 0 aliphatic carbocycles. The van der Waals surface area contributed by atoms with Crippen LogP contribution >= 0.6 is 0 Å². The maximum absolute atomic E-state index is 4.50. The number of nitrogens with zero attached hydrogens (tertiary/aromatic N) is 1. The Morgan fingerprint density at radius 2 is 2.00 bits per heavy atom. The third-order valence-corrected chi connectivity index (χ3v) is 2.24. The van der Waals surface area contributed by atoms with E-state index >= 15 is 0 Å². The molecular weight excluding hydrogens is 146 g/mol. The second kappa shape index (κ2) is 3.10. The second-order valence-electron chi connectivity index (χ2n) is 3.46. The molecule has 1 nitrogen and oxygen atoms in total. The Bertz CT molecular complexity index is 287. The van der Waals surface area contributed by atoms with Gasteiger partial charge in [-0.15, -0.1) is 0 Å². The van der Waals surface area contributed by atoms with Crippen LogP contribution in [-0.4, -0.2) is 12.3 Å². The lowest BCUT2D eigenvalue weighted by atomic mass is 10.0. The first-order valence-electron chi connectivity index (χ1n) is 4.45. The van der Waals surface area contributed by atoms with E-state index in [0.717, 1.165) is 18.9 Å². The van der Waals surface area contributed by atoms with Crippen molar-refractivity contribution in [2.45, 2.75) is 13.3 Å². The minimum absolute atomic E-state index is 0.736. The van der Waals surface area contributed by atoms with Gasteiger partial charge >= 0.3 is 0 Å². The van der Waals surface area contributed by atoms with Crippen molar-refractivity contribution in [2.75, 3.05) is 6.54 Å². The molecule has 0 aromatic heterocycles. The van der Waals surface area contributed by atoms with Gasteiger partial charge in [0.15, 0.2) is 0 Å². The van der Waals surface area contributed by atoms with Crippen LogP contribution in [0.2, 0.25) is 0 Å². The van der Waals surface area contributed by atoms with Gasteiger partial charge in [0.05, 0.1) is 0 Å². The second-order valence-corrected chi connectivity index (χ2v) is 3.46. The Balaban J connectivity index is 2.22. The lowest BCUT2D eigenvalue weighted by molar-refractivity contribution is 0.664. The third-order valence-electron chi connectivity index (χ3n) is 2.24. The number of hydrogen-bond acceptors (Lipinski definition) is 1. The Morgan fingerprint density at radius 1 is 1.25 bits per heavy atom. The van der Waals surface area contributed by atoms with Gasteiger partial charge in [0.25, 0.3) is 0 Å². The lowest BCUT2D eigenvalue weighted by Gasteiger charge is -2.00. The van der Waals surface area contributed by atoms with Gasteiger partial charge in [0, 0.05) is 12.3 Å². The molecule has 1 aromatic carbocycles. The molecular formula is C11H13N. The topological polar surface area (TPSA) is 12.4 Å². The highest BCUT2D eigenvalue weighted by Crippen LogP contribution is 2.17. The third kappa shape index (κ3) is 1.40. The molecule has 62 valence electrons. The zero-order valence-corrected chi connectivity index (χ0v) is 7.33. The lowest BCUT2D eigenvalue weighted by Crippen LogP contribution is -1.98. The van der Waals surface area contributed by atoms with Crippen molar-refractivity contribution in [3.05, 3.63) is 35.9 Å². The molecule has 0 fully saturated rings. The molecule has 1 unspecified atom stereocenters. The highest BCUT2D eigenvalue weighted by Gasteiger charge is 2.14. The predicted molar refractivity (Wildman–Crippen MR) is 51.6 cm³/mol. The summed E-state index contributed by atoms with van der Waals surface area (Å²) in [5.74, 6) is 0.736. The largest absolute Gasteiger partial charge is 0.289 e. The van der Waals surface area contributed by atoms with E-state index in [1.807, 2.05) is 6.07 Å². The summed E-state index contributed by atoms with van der Waals surface area (Å²) in [6.45, 7) is 3.25. The average Bonchev–Trinajstić information content (AvgIpc) is 2.54.